The number of aryl methyl sites for hydroxylation is 1. The Morgan fingerprint density at radius 1 is 0.754 bits per heavy atom. The van der Waals surface area contributed by atoms with Crippen LogP contribution in [-0.2, 0) is 27.2 Å². The van der Waals surface area contributed by atoms with Crippen molar-refractivity contribution in [2.75, 3.05) is 60.9 Å². The van der Waals surface area contributed by atoms with Crippen LogP contribution in [0.5, 0.6) is 17.2 Å². The first-order valence-corrected chi connectivity index (χ1v) is 25.3. The van der Waals surface area contributed by atoms with Crippen LogP contribution >= 0.6 is 11.8 Å². The van der Waals surface area contributed by atoms with E-state index in [9.17, 15) is 24.0 Å². The molecule has 5 aliphatic heterocycles. The third-order valence-corrected chi connectivity index (χ3v) is 15.9. The topological polar surface area (TPSA) is 151 Å². The number of hydrogen-bond donors (Lipinski definition) is 0. The third kappa shape index (κ3) is 9.13. The van der Waals surface area contributed by atoms with Gasteiger partial charge >= 0.3 is 0 Å². The van der Waals surface area contributed by atoms with Gasteiger partial charge < -0.3 is 19.1 Å². The Balaban J connectivity index is 0.700. The van der Waals surface area contributed by atoms with Gasteiger partial charge in [-0.3, -0.25) is 48.7 Å². The molecule has 1 unspecified atom stereocenters. The number of hydrogen-bond acceptors (Lipinski definition) is 12. The van der Waals surface area contributed by atoms with Crippen LogP contribution in [0.3, 0.4) is 0 Å². The van der Waals surface area contributed by atoms with Crippen molar-refractivity contribution in [2.45, 2.75) is 89.0 Å². The number of thioether (sulfide) groups is 1. The Hall–Kier alpha value is -6.48. The fraction of sp³-hybridized carbons (Fsp3) is 0.426. The number of amides is 4. The monoisotopic (exact) mass is 950 g/mol. The third-order valence-electron chi connectivity index (χ3n) is 14.6. The predicted octanol–water partition coefficient (Wildman–Crippen LogP) is 8.51. The number of likely N-dealkylation sites (tertiary alicyclic amines) is 1. The maximum absolute atomic E-state index is 14.2. The number of aliphatic imine (C=N–C) groups is 2. The molecule has 10 rings (SSSR count). The number of fused-ring (bicyclic) bond motifs is 8. The maximum Gasteiger partial charge on any atom is 0.261 e. The van der Waals surface area contributed by atoms with Gasteiger partial charge in [0.1, 0.15) is 11.5 Å². The summed E-state index contributed by atoms with van der Waals surface area (Å²) in [7, 11) is 3.61. The fourth-order valence-electron chi connectivity index (χ4n) is 10.7. The van der Waals surface area contributed by atoms with Gasteiger partial charge in [0.25, 0.3) is 11.8 Å². The number of methoxy groups -OCH3 is 1. The van der Waals surface area contributed by atoms with Crippen molar-refractivity contribution in [3.05, 3.63) is 94.5 Å². The first-order valence-electron chi connectivity index (χ1n) is 24.2. The molecule has 3 atom stereocenters. The summed E-state index contributed by atoms with van der Waals surface area (Å²) < 4.78 is 18.1. The van der Waals surface area contributed by atoms with E-state index in [2.05, 4.69) is 24.1 Å². The van der Waals surface area contributed by atoms with Crippen molar-refractivity contribution in [1.29, 1.82) is 0 Å². The van der Waals surface area contributed by atoms with E-state index in [1.807, 2.05) is 71.6 Å². The zero-order valence-corrected chi connectivity index (χ0v) is 40.5. The molecule has 0 spiro atoms. The number of ether oxygens (including phenoxy) is 3. The molecule has 1 saturated carbocycles. The number of imide groups is 1. The van der Waals surface area contributed by atoms with Gasteiger partial charge in [-0.1, -0.05) is 18.2 Å². The summed E-state index contributed by atoms with van der Waals surface area (Å²) in [6.07, 6.45) is 10.2. The van der Waals surface area contributed by atoms with Crippen LogP contribution in [0.4, 0.5) is 28.4 Å². The number of para-hydroxylation sites is 1. The minimum atomic E-state index is -0.330. The molecule has 69 heavy (non-hydrogen) atoms. The molecule has 15 heteroatoms. The van der Waals surface area contributed by atoms with Crippen LogP contribution in [-0.4, -0.2) is 110 Å². The molecule has 0 aromatic heterocycles. The highest BCUT2D eigenvalue weighted by Crippen LogP contribution is 2.43. The molecule has 4 aromatic carbocycles. The molecule has 0 N–H and O–H groups in total. The minimum Gasteiger partial charge on any atom is -0.493 e. The van der Waals surface area contributed by atoms with E-state index in [0.29, 0.717) is 72.4 Å². The van der Waals surface area contributed by atoms with Gasteiger partial charge in [-0.2, -0.15) is 0 Å². The van der Waals surface area contributed by atoms with Crippen LogP contribution in [0.2, 0.25) is 0 Å². The summed E-state index contributed by atoms with van der Waals surface area (Å²) in [6, 6.07) is 21.0. The molecular weight excluding hydrogens is 893 g/mol. The SMILES string of the molecule is COc1cc2c(cc1OCCCOc1cc3c(cc1C)C(=O)N1c4ccc(N(C)CCCSC5CC(=O)N(CC6CCC(C(C)=O)CC6)C5=O)cc4C[C@H]1C=N3)N=C[C@@H]1Cc3ccccc3N1C2=O. The second-order valence-electron chi connectivity index (χ2n) is 19.1. The number of carbonyl (C=O) groups is 5. The largest absolute Gasteiger partial charge is 0.493 e. The highest BCUT2D eigenvalue weighted by molar-refractivity contribution is 8.00. The standard InChI is InChI=1S/C54H58N6O8S/c1-32-21-41-43(26-47(32)67-18-8-19-68-49-27-44-42(25-48(49)66-4)53(64)59-39(29-56-44)22-36-9-5-6-10-45(36)59)55-30-40-24-37-23-38(15-16-46(37)60(40)52(41)63)57(3)17-7-20-69-50-28-51(62)58(54(50)65)31-34-11-13-35(14-12-34)33(2)61/h5-6,9-10,15-16,21,23,25-27,29-30,34-35,39-40,50H,7-8,11-14,17-20,22,24,28,31H2,1-4H3/t34?,35?,39-,40-,50?/m0/s1. The Bertz CT molecular complexity index is 2780. The molecule has 4 amide bonds. The molecule has 1 saturated heterocycles. The molecular formula is C54H58N6O8S. The highest BCUT2D eigenvalue weighted by atomic mass is 32.2. The van der Waals surface area contributed by atoms with Gasteiger partial charge in [-0.25, -0.2) is 0 Å². The van der Waals surface area contributed by atoms with Crippen LogP contribution in [0.1, 0.15) is 89.3 Å². The first-order chi connectivity index (χ1) is 33.4. The van der Waals surface area contributed by atoms with E-state index in [-0.39, 0.29) is 65.0 Å². The molecule has 5 heterocycles. The zero-order valence-electron chi connectivity index (χ0n) is 39.6. The van der Waals surface area contributed by atoms with Crippen molar-refractivity contribution in [3.63, 3.8) is 0 Å². The van der Waals surface area contributed by atoms with E-state index in [4.69, 9.17) is 24.2 Å². The van der Waals surface area contributed by atoms with E-state index < -0.39 is 0 Å². The number of nitrogens with zero attached hydrogens (tertiary/aromatic N) is 6. The number of carbonyl (C=O) groups excluding carboxylic acids is 5. The highest BCUT2D eigenvalue weighted by Gasteiger charge is 2.41. The fourth-order valence-corrected chi connectivity index (χ4v) is 11.9. The Morgan fingerprint density at radius 2 is 1.41 bits per heavy atom. The van der Waals surface area contributed by atoms with Gasteiger partial charge in [0.2, 0.25) is 11.8 Å². The van der Waals surface area contributed by atoms with Gasteiger partial charge in [-0.15, -0.1) is 11.8 Å². The summed E-state index contributed by atoms with van der Waals surface area (Å²) in [4.78, 5) is 82.7. The number of anilines is 3. The quantitative estimate of drug-likeness (QED) is 0.0790. The summed E-state index contributed by atoms with van der Waals surface area (Å²) in [6.45, 7) is 5.54. The summed E-state index contributed by atoms with van der Waals surface area (Å²) in [5.74, 6) is 2.65. The molecule has 358 valence electrons. The van der Waals surface area contributed by atoms with Crippen LogP contribution < -0.4 is 28.9 Å². The number of rotatable bonds is 16. The normalized spacial score (nSPS) is 22.1. The van der Waals surface area contributed by atoms with E-state index in [1.54, 1.807) is 37.9 Å². The summed E-state index contributed by atoms with van der Waals surface area (Å²) in [5.41, 5.74) is 7.98. The van der Waals surface area contributed by atoms with Crippen molar-refractivity contribution >= 4 is 82.0 Å². The average molecular weight is 951 g/mol. The summed E-state index contributed by atoms with van der Waals surface area (Å²) in [5, 5.41) is -0.330. The second kappa shape index (κ2) is 19.5. The molecule has 1 aliphatic carbocycles. The second-order valence-corrected chi connectivity index (χ2v) is 20.4. The molecule has 0 radical (unpaired) electrons. The lowest BCUT2D eigenvalue weighted by Gasteiger charge is -2.29. The van der Waals surface area contributed by atoms with Crippen molar-refractivity contribution < 1.29 is 38.2 Å². The predicted molar refractivity (Wildman–Crippen MR) is 269 cm³/mol. The van der Waals surface area contributed by atoms with Crippen molar-refractivity contribution in [3.8, 4) is 17.2 Å². The molecule has 4 aromatic rings. The van der Waals surface area contributed by atoms with Crippen LogP contribution in [0.25, 0.3) is 0 Å². The lowest BCUT2D eigenvalue weighted by atomic mass is 9.80. The number of Topliss-reactive ketones (excluding diaryl/α,β-unsaturated/α-hetero) is 1. The molecule has 6 aliphatic rings. The summed E-state index contributed by atoms with van der Waals surface area (Å²) >= 11 is 1.57. The molecule has 14 nitrogen and oxygen atoms in total. The zero-order chi connectivity index (χ0) is 47.9. The van der Waals surface area contributed by atoms with Crippen molar-refractivity contribution in [1.82, 2.24) is 4.90 Å². The molecule has 2 fully saturated rings. The lowest BCUT2D eigenvalue weighted by molar-refractivity contribution is -0.139. The van der Waals surface area contributed by atoms with Crippen LogP contribution in [0, 0.1) is 18.8 Å². The number of benzene rings is 4. The average Bonchev–Trinajstić information content (AvgIpc) is 3.94. The van der Waals surface area contributed by atoms with Gasteiger partial charge in [0.15, 0.2) is 11.5 Å². The Kier molecular flexibility index (Phi) is 13.1. The minimum absolute atomic E-state index is 0.0648. The van der Waals surface area contributed by atoms with Crippen LogP contribution in [0.15, 0.2) is 76.7 Å². The van der Waals surface area contributed by atoms with E-state index >= 15 is 0 Å². The van der Waals surface area contributed by atoms with E-state index in [1.165, 1.54) is 4.90 Å². The van der Waals surface area contributed by atoms with E-state index in [0.717, 1.165) is 84.6 Å². The molecule has 0 bridgehead atoms. The van der Waals surface area contributed by atoms with Gasteiger partial charge in [0, 0.05) is 93.4 Å². The van der Waals surface area contributed by atoms with Gasteiger partial charge in [0.05, 0.1) is 60.2 Å². The lowest BCUT2D eigenvalue weighted by Crippen LogP contribution is -2.37. The Labute approximate surface area is 407 Å². The first kappa shape index (κ1) is 46.3. The maximum atomic E-state index is 14.2. The smallest absolute Gasteiger partial charge is 0.261 e. The van der Waals surface area contributed by atoms with Crippen molar-refractivity contribution in [2.24, 2.45) is 21.8 Å². The number of ketones is 1. The Morgan fingerprint density at radius 3 is 2.12 bits per heavy atom. The van der Waals surface area contributed by atoms with Gasteiger partial charge in [-0.05, 0) is 111 Å².